The summed E-state index contributed by atoms with van der Waals surface area (Å²) < 4.78 is 32.1. The Balaban J connectivity index is 1.45. The Morgan fingerprint density at radius 2 is 1.53 bits per heavy atom. The molecule has 5 aromatic rings. The van der Waals surface area contributed by atoms with E-state index >= 15 is 0 Å². The summed E-state index contributed by atoms with van der Waals surface area (Å²) in [4.78, 5) is 12.8. The Morgan fingerprint density at radius 1 is 0.844 bits per heavy atom. The molecule has 1 heterocycles. The Bertz CT molecular complexity index is 1580. The summed E-state index contributed by atoms with van der Waals surface area (Å²) in [6, 6.07) is 26.0. The first kappa shape index (κ1) is 20.1. The second-order valence-electron chi connectivity index (χ2n) is 7.63. The van der Waals surface area contributed by atoms with Gasteiger partial charge < -0.3 is 9.73 Å². The van der Waals surface area contributed by atoms with Crippen molar-refractivity contribution in [3.63, 3.8) is 0 Å². The number of rotatable bonds is 5. The molecule has 0 aliphatic heterocycles. The summed E-state index contributed by atoms with van der Waals surface area (Å²) in [6.45, 7) is -0.342. The number of amides is 1. The van der Waals surface area contributed by atoms with Crippen molar-refractivity contribution in [3.05, 3.63) is 84.9 Å². The van der Waals surface area contributed by atoms with Crippen LogP contribution in [0.1, 0.15) is 0 Å². The van der Waals surface area contributed by atoms with E-state index in [1.807, 2.05) is 60.7 Å². The highest BCUT2D eigenvalue weighted by Gasteiger charge is 2.22. The molecule has 4 aromatic carbocycles. The van der Waals surface area contributed by atoms with Crippen LogP contribution in [0.25, 0.3) is 32.7 Å². The van der Waals surface area contributed by atoms with Crippen LogP contribution in [-0.4, -0.2) is 27.1 Å². The van der Waals surface area contributed by atoms with Crippen LogP contribution in [0.2, 0.25) is 0 Å². The predicted octanol–water partition coefficient (Wildman–Crippen LogP) is 5.14. The monoisotopic (exact) mass is 444 g/mol. The molecule has 6 nitrogen and oxygen atoms in total. The third kappa shape index (κ3) is 3.67. The van der Waals surface area contributed by atoms with Gasteiger partial charge >= 0.3 is 0 Å². The van der Waals surface area contributed by atoms with Gasteiger partial charge in [-0.25, -0.2) is 8.42 Å². The summed E-state index contributed by atoms with van der Waals surface area (Å²) in [6.07, 6.45) is 1.10. The van der Waals surface area contributed by atoms with Crippen molar-refractivity contribution >= 4 is 60.0 Å². The second-order valence-corrected chi connectivity index (χ2v) is 9.53. The number of hydrogen-bond acceptors (Lipinski definition) is 4. The molecule has 0 saturated carbocycles. The molecular formula is C25H20N2O4S. The van der Waals surface area contributed by atoms with Crippen LogP contribution in [0.3, 0.4) is 0 Å². The highest BCUT2D eigenvalue weighted by atomic mass is 32.2. The maximum atomic E-state index is 12.8. The van der Waals surface area contributed by atoms with Gasteiger partial charge in [0.15, 0.2) is 0 Å². The molecule has 32 heavy (non-hydrogen) atoms. The Labute approximate surface area is 185 Å². The predicted molar refractivity (Wildman–Crippen MR) is 128 cm³/mol. The van der Waals surface area contributed by atoms with Crippen LogP contribution in [-0.2, 0) is 14.8 Å². The number of benzene rings is 4. The molecular weight excluding hydrogens is 424 g/mol. The maximum absolute atomic E-state index is 12.8. The van der Waals surface area contributed by atoms with Crippen LogP contribution in [0.15, 0.2) is 89.3 Å². The lowest BCUT2D eigenvalue weighted by molar-refractivity contribution is -0.114. The SMILES string of the molecule is CS(=O)(=O)N(CC(=O)Nc1ccc2c(c1)oc1ccccc12)c1cccc2ccccc12. The minimum atomic E-state index is -3.69. The third-order valence-electron chi connectivity index (χ3n) is 5.39. The third-order valence-corrected chi connectivity index (χ3v) is 6.51. The smallest absolute Gasteiger partial charge is 0.245 e. The largest absolute Gasteiger partial charge is 0.456 e. The molecule has 1 aromatic heterocycles. The zero-order valence-electron chi connectivity index (χ0n) is 17.3. The normalized spacial score (nSPS) is 11.8. The molecule has 1 amide bonds. The highest BCUT2D eigenvalue weighted by Crippen LogP contribution is 2.31. The molecule has 7 heteroatoms. The average molecular weight is 445 g/mol. The maximum Gasteiger partial charge on any atom is 0.245 e. The first-order valence-corrected chi connectivity index (χ1v) is 11.9. The Hall–Kier alpha value is -3.84. The topological polar surface area (TPSA) is 79.6 Å². The summed E-state index contributed by atoms with van der Waals surface area (Å²) in [5.74, 6) is -0.446. The van der Waals surface area contributed by atoms with E-state index in [9.17, 15) is 13.2 Å². The number of carbonyl (C=O) groups excluding carboxylic acids is 1. The van der Waals surface area contributed by atoms with Gasteiger partial charge in [-0.2, -0.15) is 0 Å². The zero-order chi connectivity index (χ0) is 22.3. The van der Waals surface area contributed by atoms with Gasteiger partial charge in [0.2, 0.25) is 15.9 Å². The van der Waals surface area contributed by atoms with Crippen LogP contribution >= 0.6 is 0 Å². The van der Waals surface area contributed by atoms with Crippen molar-refractivity contribution in [2.45, 2.75) is 0 Å². The van der Waals surface area contributed by atoms with Crippen LogP contribution in [0, 0.1) is 0 Å². The average Bonchev–Trinajstić information content (AvgIpc) is 3.14. The lowest BCUT2D eigenvalue weighted by atomic mass is 10.1. The van der Waals surface area contributed by atoms with Gasteiger partial charge in [-0.1, -0.05) is 54.6 Å². The first-order chi connectivity index (χ1) is 15.4. The molecule has 0 aliphatic rings. The fraction of sp³-hybridized carbons (Fsp3) is 0.0800. The fourth-order valence-corrected chi connectivity index (χ4v) is 4.81. The van der Waals surface area contributed by atoms with Crippen LogP contribution in [0.5, 0.6) is 0 Å². The van der Waals surface area contributed by atoms with E-state index < -0.39 is 15.9 Å². The molecule has 0 radical (unpaired) electrons. The van der Waals surface area contributed by atoms with Gasteiger partial charge in [0.1, 0.15) is 17.7 Å². The molecule has 0 bridgehead atoms. The minimum absolute atomic E-state index is 0.342. The number of para-hydroxylation sites is 1. The van der Waals surface area contributed by atoms with Gasteiger partial charge in [0.25, 0.3) is 0 Å². The number of nitrogens with zero attached hydrogens (tertiary/aromatic N) is 1. The van der Waals surface area contributed by atoms with E-state index in [4.69, 9.17) is 4.42 Å². The summed E-state index contributed by atoms with van der Waals surface area (Å²) in [5.41, 5.74) is 2.42. The molecule has 160 valence electrons. The van der Waals surface area contributed by atoms with Gasteiger partial charge in [-0.15, -0.1) is 0 Å². The molecule has 5 rings (SSSR count). The van der Waals surface area contributed by atoms with Crippen LogP contribution < -0.4 is 9.62 Å². The van der Waals surface area contributed by atoms with Gasteiger partial charge in [0, 0.05) is 27.9 Å². The number of anilines is 2. The molecule has 1 N–H and O–H groups in total. The van der Waals surface area contributed by atoms with Gasteiger partial charge in [-0.05, 0) is 29.7 Å². The van der Waals surface area contributed by atoms with E-state index in [0.29, 0.717) is 17.0 Å². The fourth-order valence-electron chi connectivity index (χ4n) is 3.94. The van der Waals surface area contributed by atoms with Crippen molar-refractivity contribution in [2.24, 2.45) is 0 Å². The van der Waals surface area contributed by atoms with Crippen molar-refractivity contribution < 1.29 is 17.6 Å². The first-order valence-electron chi connectivity index (χ1n) is 10.1. The quantitative estimate of drug-likeness (QED) is 0.407. The Morgan fingerprint density at radius 3 is 2.34 bits per heavy atom. The number of furan rings is 1. The van der Waals surface area contributed by atoms with Crippen molar-refractivity contribution in [1.82, 2.24) is 0 Å². The number of hydrogen-bond donors (Lipinski definition) is 1. The molecule has 0 spiro atoms. The second kappa shape index (κ2) is 7.69. The molecule has 0 unspecified atom stereocenters. The highest BCUT2D eigenvalue weighted by molar-refractivity contribution is 7.92. The summed E-state index contributed by atoms with van der Waals surface area (Å²) in [5, 5.41) is 6.40. The number of nitrogens with one attached hydrogen (secondary N) is 1. The van der Waals surface area contributed by atoms with E-state index in [0.717, 1.165) is 37.7 Å². The van der Waals surface area contributed by atoms with E-state index in [2.05, 4.69) is 5.32 Å². The van der Waals surface area contributed by atoms with E-state index in [1.54, 1.807) is 24.3 Å². The molecule has 0 fully saturated rings. The summed E-state index contributed by atoms with van der Waals surface area (Å²) >= 11 is 0. The van der Waals surface area contributed by atoms with Gasteiger partial charge in [0.05, 0.1) is 11.9 Å². The van der Waals surface area contributed by atoms with Gasteiger partial charge in [-0.3, -0.25) is 9.10 Å². The van der Waals surface area contributed by atoms with E-state index in [-0.39, 0.29) is 6.54 Å². The molecule has 0 saturated heterocycles. The zero-order valence-corrected chi connectivity index (χ0v) is 18.1. The molecule has 0 aliphatic carbocycles. The summed E-state index contributed by atoms with van der Waals surface area (Å²) in [7, 11) is -3.69. The van der Waals surface area contributed by atoms with Crippen molar-refractivity contribution in [3.8, 4) is 0 Å². The lowest BCUT2D eigenvalue weighted by Crippen LogP contribution is -2.37. The minimum Gasteiger partial charge on any atom is -0.456 e. The van der Waals surface area contributed by atoms with Crippen LogP contribution in [0.4, 0.5) is 11.4 Å². The molecule has 0 atom stereocenters. The lowest BCUT2D eigenvalue weighted by Gasteiger charge is -2.23. The number of carbonyl (C=O) groups is 1. The number of sulfonamides is 1. The number of fused-ring (bicyclic) bond motifs is 4. The Kier molecular flexibility index (Phi) is 4.83. The van der Waals surface area contributed by atoms with Crippen molar-refractivity contribution in [1.29, 1.82) is 0 Å². The standard InChI is InChI=1S/C25H20N2O4S/c1-32(29,30)27(22-11-6-8-17-7-2-3-9-19(17)22)16-25(28)26-18-13-14-21-20-10-4-5-12-23(20)31-24(21)15-18/h2-15H,16H2,1H3,(H,26,28). The van der Waals surface area contributed by atoms with Crippen molar-refractivity contribution in [2.75, 3.05) is 22.4 Å². The van der Waals surface area contributed by atoms with E-state index in [1.165, 1.54) is 0 Å².